The maximum atomic E-state index is 15.9. The third kappa shape index (κ3) is 7.58. The first-order valence-electron chi connectivity index (χ1n) is 16.3. The highest BCUT2D eigenvalue weighted by Crippen LogP contribution is 2.61. The molecule has 2 amide bonds. The first kappa shape index (κ1) is 37.4. The lowest BCUT2D eigenvalue weighted by Gasteiger charge is -2.35. The number of carboxylic acids is 1. The van der Waals surface area contributed by atoms with Gasteiger partial charge in [0.15, 0.2) is 23.6 Å². The van der Waals surface area contributed by atoms with Crippen molar-refractivity contribution in [3.05, 3.63) is 63.7 Å². The van der Waals surface area contributed by atoms with Gasteiger partial charge in [-0.05, 0) is 61.8 Å². The van der Waals surface area contributed by atoms with E-state index in [1.807, 2.05) is 0 Å². The van der Waals surface area contributed by atoms with Crippen LogP contribution in [0.2, 0.25) is 0 Å². The lowest BCUT2D eigenvalue weighted by Crippen LogP contribution is -2.49. The third-order valence-corrected chi connectivity index (χ3v) is 13.4. The lowest BCUT2D eigenvalue weighted by molar-refractivity contribution is -0.119. The number of aromatic carboxylic acids is 1. The van der Waals surface area contributed by atoms with Gasteiger partial charge in [0, 0.05) is 37.6 Å². The molecule has 0 radical (unpaired) electrons. The number of piperidine rings is 1. The number of hydrogen-bond donors (Lipinski definition) is 6. The Hall–Kier alpha value is -4.31. The van der Waals surface area contributed by atoms with Crippen LogP contribution in [0.4, 0.5) is 20.6 Å². The quantitative estimate of drug-likeness (QED) is 0.154. The molecule has 52 heavy (non-hydrogen) atoms. The second kappa shape index (κ2) is 14.3. The highest BCUT2D eigenvalue weighted by Gasteiger charge is 2.45. The molecule has 0 unspecified atom stereocenters. The van der Waals surface area contributed by atoms with E-state index >= 15 is 4.39 Å². The molecule has 2 atom stereocenters. The Labute approximate surface area is 295 Å². The minimum Gasteiger partial charge on any atom is -0.492 e. The Morgan fingerprint density at radius 1 is 1.04 bits per heavy atom. The van der Waals surface area contributed by atoms with Crippen molar-refractivity contribution in [3.8, 4) is 5.75 Å². The van der Waals surface area contributed by atoms with Crippen LogP contribution in [0.1, 0.15) is 47.6 Å². The van der Waals surface area contributed by atoms with Crippen molar-refractivity contribution < 1.29 is 62.1 Å². The van der Waals surface area contributed by atoms with Crippen LogP contribution in [0.3, 0.4) is 0 Å². The van der Waals surface area contributed by atoms with Gasteiger partial charge in [0.25, 0.3) is 5.91 Å². The fourth-order valence-corrected chi connectivity index (χ4v) is 9.55. The first-order chi connectivity index (χ1) is 24.5. The number of rotatable bonds is 11. The summed E-state index contributed by atoms with van der Waals surface area (Å²) in [7, 11) is -8.88. The van der Waals surface area contributed by atoms with Crippen LogP contribution in [-0.2, 0) is 25.1 Å². The number of ether oxygens (including phenoxy) is 2. The number of fused-ring (bicyclic) bond motifs is 2. The highest BCUT2D eigenvalue weighted by atomic mass is 31.2. The molecule has 20 heteroatoms. The second-order valence-electron chi connectivity index (χ2n) is 13.2. The summed E-state index contributed by atoms with van der Waals surface area (Å²) in [6.07, 6.45) is 2.80. The van der Waals surface area contributed by atoms with Crippen LogP contribution >= 0.6 is 15.2 Å². The van der Waals surface area contributed by atoms with Crippen molar-refractivity contribution in [2.45, 2.75) is 49.6 Å². The van der Waals surface area contributed by atoms with Crippen molar-refractivity contribution in [1.82, 2.24) is 9.47 Å². The number of aromatic nitrogens is 1. The molecule has 6 N–H and O–H groups in total. The monoisotopic (exact) mass is 766 g/mol. The molecule has 1 aromatic heterocycles. The molecule has 3 aromatic rings. The van der Waals surface area contributed by atoms with Gasteiger partial charge in [0.05, 0.1) is 24.1 Å². The Morgan fingerprint density at radius 2 is 1.71 bits per heavy atom. The van der Waals surface area contributed by atoms with Crippen LogP contribution in [0, 0.1) is 11.7 Å². The number of carbonyl (C=O) groups is 3. The van der Waals surface area contributed by atoms with Gasteiger partial charge in [-0.1, -0.05) is 12.1 Å². The average molecular weight is 767 g/mol. The van der Waals surface area contributed by atoms with E-state index in [1.54, 1.807) is 9.47 Å². The van der Waals surface area contributed by atoms with Crippen LogP contribution < -0.4 is 20.4 Å². The maximum absolute atomic E-state index is 15.9. The summed E-state index contributed by atoms with van der Waals surface area (Å²) >= 11 is 0. The second-order valence-corrected chi connectivity index (χ2v) is 17.2. The van der Waals surface area contributed by atoms with Gasteiger partial charge in [-0.25, -0.2) is 14.0 Å². The first-order valence-corrected chi connectivity index (χ1v) is 19.7. The molecule has 17 nitrogen and oxygen atoms in total. The minimum absolute atomic E-state index is 0.0693. The molecule has 2 aromatic carbocycles. The number of carboxylic acid groups (broad SMARTS) is 1. The zero-order chi connectivity index (χ0) is 37.7. The number of anilines is 2. The average Bonchev–Trinajstić information content (AvgIpc) is 3.82. The molecule has 0 bridgehead atoms. The highest BCUT2D eigenvalue weighted by molar-refractivity contribution is 7.70. The summed E-state index contributed by atoms with van der Waals surface area (Å²) < 4.78 is 51.8. The van der Waals surface area contributed by atoms with Gasteiger partial charge in [0.2, 0.25) is 5.43 Å². The Bertz CT molecular complexity index is 2060. The number of hydrogen-bond acceptors (Lipinski definition) is 9. The van der Waals surface area contributed by atoms with E-state index < -0.39 is 74.4 Å². The van der Waals surface area contributed by atoms with Gasteiger partial charge in [0.1, 0.15) is 11.3 Å². The zero-order valence-electron chi connectivity index (χ0n) is 27.8. The van der Waals surface area contributed by atoms with Crippen LogP contribution in [-0.4, -0.2) is 96.9 Å². The molecule has 280 valence electrons. The lowest BCUT2D eigenvalue weighted by atomic mass is 9.92. The number of pyridine rings is 1. The fourth-order valence-electron chi connectivity index (χ4n) is 7.09. The SMILES string of the molecule is COc1c(N2C[C@@H]3CCCN(C(=O)OCC(=O)Nc4ccc(CC(P(=O)(O)O)P(=O)(O)O)cc4)[C@@H]3C2)c(F)cc2c(=O)c(C(=O)O)cn(C3CC3)c12. The number of nitrogens with zero attached hydrogens (tertiary/aromatic N) is 3. The number of methoxy groups -OCH3 is 1. The summed E-state index contributed by atoms with van der Waals surface area (Å²) in [5.41, 5.74) is -0.444. The molecule has 6 rings (SSSR count). The summed E-state index contributed by atoms with van der Waals surface area (Å²) in [6, 6.07) is 5.98. The molecule has 1 aliphatic carbocycles. The van der Waals surface area contributed by atoms with E-state index in [0.717, 1.165) is 25.3 Å². The van der Waals surface area contributed by atoms with E-state index in [-0.39, 0.29) is 46.6 Å². The van der Waals surface area contributed by atoms with E-state index in [9.17, 15) is 53.0 Å². The van der Waals surface area contributed by atoms with E-state index in [0.29, 0.717) is 25.0 Å². The predicted octanol–water partition coefficient (Wildman–Crippen LogP) is 3.08. The molecular weight excluding hydrogens is 729 g/mol. The van der Waals surface area contributed by atoms with Gasteiger partial charge < -0.3 is 53.8 Å². The molecule has 0 spiro atoms. The van der Waals surface area contributed by atoms with Crippen molar-refractivity contribution in [1.29, 1.82) is 0 Å². The standard InChI is InChI=1S/C32H37FN4O13P2/c1-49-30-27-21(29(39)22(31(40)41)14-37(27)20-8-9-20)12-23(33)28(30)35-13-18-3-2-10-36(24(18)15-35)32(42)50-16-25(38)34-19-6-4-17(5-7-19)11-26(51(43,44)45)52(46,47)48/h4-7,12,14,18,20,24,26H,2-3,8-11,13,15-16H2,1H3,(H,34,38)(H,40,41)(H2,43,44,45)(H2,46,47,48)/t18-,24+/m0/s1. The zero-order valence-corrected chi connectivity index (χ0v) is 29.5. The number of amides is 2. The fraction of sp³-hybridized carbons (Fsp3) is 0.438. The summed E-state index contributed by atoms with van der Waals surface area (Å²) in [6.45, 7) is 0.231. The van der Waals surface area contributed by atoms with E-state index in [4.69, 9.17) is 9.47 Å². The van der Waals surface area contributed by atoms with Crippen LogP contribution in [0.15, 0.2) is 41.3 Å². The number of benzene rings is 2. The molecule has 3 fully saturated rings. The van der Waals surface area contributed by atoms with Crippen molar-refractivity contribution in [2.75, 3.05) is 43.6 Å². The van der Waals surface area contributed by atoms with Gasteiger partial charge in [-0.15, -0.1) is 0 Å². The number of halogens is 1. The molecule has 1 saturated carbocycles. The Morgan fingerprint density at radius 3 is 2.31 bits per heavy atom. The smallest absolute Gasteiger partial charge is 0.410 e. The molecule has 2 saturated heterocycles. The van der Waals surface area contributed by atoms with Crippen LogP contribution in [0.5, 0.6) is 5.75 Å². The number of nitrogens with one attached hydrogen (secondary N) is 1. The number of likely N-dealkylation sites (tertiary alicyclic amines) is 1. The normalized spacial score (nSPS) is 19.1. The van der Waals surface area contributed by atoms with Crippen molar-refractivity contribution >= 4 is 55.4 Å². The van der Waals surface area contributed by atoms with E-state index in [2.05, 4.69) is 5.32 Å². The minimum atomic E-state index is -5.12. The van der Waals surface area contributed by atoms with Gasteiger partial charge in [-0.2, -0.15) is 0 Å². The Balaban J connectivity index is 1.13. The number of carbonyl (C=O) groups excluding carboxylic acids is 2. The van der Waals surface area contributed by atoms with E-state index in [1.165, 1.54) is 42.5 Å². The summed E-state index contributed by atoms with van der Waals surface area (Å²) in [4.78, 5) is 91.5. The molecular formula is C32H37FN4O13P2. The molecule has 2 aliphatic heterocycles. The molecule has 3 heterocycles. The predicted molar refractivity (Wildman–Crippen MR) is 183 cm³/mol. The van der Waals surface area contributed by atoms with Crippen molar-refractivity contribution in [2.24, 2.45) is 5.92 Å². The topological polar surface area (TPSA) is 245 Å². The van der Waals surface area contributed by atoms with Crippen LogP contribution in [0.25, 0.3) is 10.9 Å². The molecule has 3 aliphatic rings. The largest absolute Gasteiger partial charge is 0.492 e. The van der Waals surface area contributed by atoms with Crippen molar-refractivity contribution in [3.63, 3.8) is 0 Å². The maximum Gasteiger partial charge on any atom is 0.410 e. The summed E-state index contributed by atoms with van der Waals surface area (Å²) in [5.74, 6) is -2.86. The summed E-state index contributed by atoms with van der Waals surface area (Å²) in [5, 5.41) is 9.82. The van der Waals surface area contributed by atoms with Gasteiger partial charge >= 0.3 is 27.3 Å². The third-order valence-electron chi connectivity index (χ3n) is 9.66. The van der Waals surface area contributed by atoms with Gasteiger partial charge in [-0.3, -0.25) is 18.7 Å². The Kier molecular flexibility index (Phi) is 10.3.